The van der Waals surface area contributed by atoms with Crippen LogP contribution in [0.5, 0.6) is 0 Å². The molecule has 0 bridgehead atoms. The van der Waals surface area contributed by atoms with Crippen molar-refractivity contribution in [2.24, 2.45) is 0 Å². The van der Waals surface area contributed by atoms with E-state index >= 15 is 0 Å². The number of hydrogen-bond acceptors (Lipinski definition) is 4. The van der Waals surface area contributed by atoms with Gasteiger partial charge in [0.1, 0.15) is 0 Å². The summed E-state index contributed by atoms with van der Waals surface area (Å²) < 4.78 is 5.68. The Labute approximate surface area is 128 Å². The maximum Gasteiger partial charge on any atom is 0.277 e. The highest BCUT2D eigenvalue weighted by Crippen LogP contribution is 2.25. The molecule has 21 heavy (non-hydrogen) atoms. The summed E-state index contributed by atoms with van der Waals surface area (Å²) in [4.78, 5) is 0. The highest BCUT2D eigenvalue weighted by molar-refractivity contribution is 7.98. The van der Waals surface area contributed by atoms with E-state index in [4.69, 9.17) is 4.42 Å². The Morgan fingerprint density at radius 3 is 2.33 bits per heavy atom. The second kappa shape index (κ2) is 6.59. The molecule has 0 saturated heterocycles. The maximum absolute atomic E-state index is 5.68. The number of rotatable bonds is 5. The third-order valence-electron chi connectivity index (χ3n) is 3.22. The van der Waals surface area contributed by atoms with Crippen molar-refractivity contribution < 1.29 is 4.42 Å². The van der Waals surface area contributed by atoms with Crippen molar-refractivity contribution in [3.8, 4) is 11.5 Å². The number of aryl methyl sites for hydroxylation is 1. The molecule has 0 spiro atoms. The van der Waals surface area contributed by atoms with Crippen LogP contribution in [0.1, 0.15) is 18.1 Å². The maximum atomic E-state index is 5.68. The van der Waals surface area contributed by atoms with Gasteiger partial charge in [0.05, 0.1) is 0 Å². The van der Waals surface area contributed by atoms with E-state index in [0.29, 0.717) is 11.1 Å². The van der Waals surface area contributed by atoms with Crippen LogP contribution in [-0.2, 0) is 12.2 Å². The van der Waals surface area contributed by atoms with E-state index in [2.05, 4.69) is 41.4 Å². The second-order valence-electron chi connectivity index (χ2n) is 4.70. The molecule has 0 aliphatic rings. The molecule has 0 atom stereocenters. The van der Waals surface area contributed by atoms with E-state index in [0.717, 1.165) is 17.7 Å². The van der Waals surface area contributed by atoms with Crippen molar-refractivity contribution in [2.45, 2.75) is 24.3 Å². The highest BCUT2D eigenvalue weighted by Gasteiger charge is 2.08. The lowest BCUT2D eigenvalue weighted by Crippen LogP contribution is -1.83. The van der Waals surface area contributed by atoms with Gasteiger partial charge in [0.15, 0.2) is 0 Å². The van der Waals surface area contributed by atoms with Gasteiger partial charge in [-0.15, -0.1) is 10.2 Å². The topological polar surface area (TPSA) is 38.9 Å². The molecule has 0 N–H and O–H groups in total. The zero-order chi connectivity index (χ0) is 14.5. The molecule has 2 aromatic carbocycles. The minimum atomic E-state index is 0.569. The SMILES string of the molecule is CCc1ccc(CSc2nnc(-c3ccccc3)o2)cc1. The van der Waals surface area contributed by atoms with Gasteiger partial charge >= 0.3 is 0 Å². The fourth-order valence-corrected chi connectivity index (χ4v) is 2.70. The van der Waals surface area contributed by atoms with Gasteiger partial charge in [0.2, 0.25) is 5.89 Å². The summed E-state index contributed by atoms with van der Waals surface area (Å²) >= 11 is 1.56. The first-order valence-electron chi connectivity index (χ1n) is 6.94. The molecule has 0 saturated carbocycles. The fraction of sp³-hybridized carbons (Fsp3) is 0.176. The van der Waals surface area contributed by atoms with Gasteiger partial charge in [-0.25, -0.2) is 0 Å². The van der Waals surface area contributed by atoms with Gasteiger partial charge in [-0.05, 0) is 29.7 Å². The average molecular weight is 296 g/mol. The minimum Gasteiger partial charge on any atom is -0.411 e. The zero-order valence-electron chi connectivity index (χ0n) is 11.8. The first kappa shape index (κ1) is 13.9. The number of aromatic nitrogens is 2. The van der Waals surface area contributed by atoms with Gasteiger partial charge < -0.3 is 4.42 Å². The number of thioether (sulfide) groups is 1. The first-order valence-corrected chi connectivity index (χ1v) is 7.93. The van der Waals surface area contributed by atoms with Crippen LogP contribution in [-0.4, -0.2) is 10.2 Å². The van der Waals surface area contributed by atoms with E-state index in [9.17, 15) is 0 Å². The van der Waals surface area contributed by atoms with E-state index < -0.39 is 0 Å². The number of nitrogens with zero attached hydrogens (tertiary/aromatic N) is 2. The lowest BCUT2D eigenvalue weighted by atomic mass is 10.1. The molecule has 0 aliphatic carbocycles. The van der Waals surface area contributed by atoms with Crippen molar-refractivity contribution in [2.75, 3.05) is 0 Å². The molecule has 1 aromatic heterocycles. The van der Waals surface area contributed by atoms with Crippen molar-refractivity contribution in [1.82, 2.24) is 10.2 Å². The zero-order valence-corrected chi connectivity index (χ0v) is 12.6. The Hall–Kier alpha value is -2.07. The van der Waals surface area contributed by atoms with Gasteiger partial charge in [0.25, 0.3) is 5.22 Å². The molecular weight excluding hydrogens is 280 g/mol. The molecule has 0 amide bonds. The van der Waals surface area contributed by atoms with Crippen LogP contribution in [0.3, 0.4) is 0 Å². The Bertz CT molecular complexity index is 692. The van der Waals surface area contributed by atoms with Gasteiger partial charge in [-0.2, -0.15) is 0 Å². The van der Waals surface area contributed by atoms with E-state index in [1.54, 1.807) is 11.8 Å². The summed E-state index contributed by atoms with van der Waals surface area (Å²) in [6.07, 6.45) is 1.07. The molecule has 3 rings (SSSR count). The summed E-state index contributed by atoms with van der Waals surface area (Å²) in [7, 11) is 0. The summed E-state index contributed by atoms with van der Waals surface area (Å²) in [5.74, 6) is 1.40. The van der Waals surface area contributed by atoms with Crippen LogP contribution in [0, 0.1) is 0 Å². The van der Waals surface area contributed by atoms with Crippen LogP contribution < -0.4 is 0 Å². The third-order valence-corrected chi connectivity index (χ3v) is 4.11. The van der Waals surface area contributed by atoms with Crippen LogP contribution in [0.15, 0.2) is 64.2 Å². The minimum absolute atomic E-state index is 0.569. The summed E-state index contributed by atoms with van der Waals surface area (Å²) in [6.45, 7) is 2.16. The summed E-state index contributed by atoms with van der Waals surface area (Å²) in [5, 5.41) is 8.78. The Kier molecular flexibility index (Phi) is 4.36. The quantitative estimate of drug-likeness (QED) is 0.645. The van der Waals surface area contributed by atoms with E-state index in [1.165, 1.54) is 11.1 Å². The normalized spacial score (nSPS) is 10.7. The van der Waals surface area contributed by atoms with Crippen molar-refractivity contribution in [1.29, 1.82) is 0 Å². The first-order chi connectivity index (χ1) is 10.3. The molecular formula is C17H16N2OS. The molecule has 3 nitrogen and oxygen atoms in total. The standard InChI is InChI=1S/C17H16N2OS/c1-2-13-8-10-14(11-9-13)12-21-17-19-18-16(20-17)15-6-4-3-5-7-15/h3-11H,2,12H2,1H3. The van der Waals surface area contributed by atoms with E-state index in [1.807, 2.05) is 30.3 Å². The van der Waals surface area contributed by atoms with Crippen LogP contribution in [0.2, 0.25) is 0 Å². The molecule has 0 radical (unpaired) electrons. The van der Waals surface area contributed by atoms with Crippen molar-refractivity contribution in [3.05, 3.63) is 65.7 Å². The molecule has 0 fully saturated rings. The average Bonchev–Trinajstić information content (AvgIpc) is 3.03. The Morgan fingerprint density at radius 1 is 0.905 bits per heavy atom. The van der Waals surface area contributed by atoms with Crippen LogP contribution >= 0.6 is 11.8 Å². The van der Waals surface area contributed by atoms with Gasteiger partial charge in [-0.3, -0.25) is 0 Å². The molecule has 4 heteroatoms. The lowest BCUT2D eigenvalue weighted by Gasteiger charge is -2.00. The number of hydrogen-bond donors (Lipinski definition) is 0. The highest BCUT2D eigenvalue weighted by atomic mass is 32.2. The largest absolute Gasteiger partial charge is 0.411 e. The molecule has 106 valence electrons. The van der Waals surface area contributed by atoms with Crippen molar-refractivity contribution in [3.63, 3.8) is 0 Å². The van der Waals surface area contributed by atoms with Crippen molar-refractivity contribution >= 4 is 11.8 Å². The van der Waals surface area contributed by atoms with Gasteiger partial charge in [0, 0.05) is 11.3 Å². The predicted octanol–water partition coefficient (Wildman–Crippen LogP) is 4.59. The van der Waals surface area contributed by atoms with Gasteiger partial charge in [-0.1, -0.05) is 61.2 Å². The monoisotopic (exact) mass is 296 g/mol. The predicted molar refractivity (Wildman–Crippen MR) is 85.1 cm³/mol. The number of benzene rings is 2. The fourth-order valence-electron chi connectivity index (χ4n) is 1.98. The lowest BCUT2D eigenvalue weighted by molar-refractivity contribution is 0.466. The molecule has 0 unspecified atom stereocenters. The molecule has 1 heterocycles. The van der Waals surface area contributed by atoms with Crippen LogP contribution in [0.4, 0.5) is 0 Å². The molecule has 3 aromatic rings. The third kappa shape index (κ3) is 3.52. The Balaban J connectivity index is 1.64. The van der Waals surface area contributed by atoms with Crippen LogP contribution in [0.25, 0.3) is 11.5 Å². The second-order valence-corrected chi connectivity index (χ2v) is 5.62. The van der Waals surface area contributed by atoms with E-state index in [-0.39, 0.29) is 0 Å². The summed E-state index contributed by atoms with van der Waals surface area (Å²) in [6, 6.07) is 18.5. The molecule has 0 aliphatic heterocycles. The Morgan fingerprint density at radius 2 is 1.62 bits per heavy atom. The smallest absolute Gasteiger partial charge is 0.277 e. The summed E-state index contributed by atoms with van der Waals surface area (Å²) in [5.41, 5.74) is 3.56.